The molecule has 0 fully saturated rings. The Bertz CT molecular complexity index is 1060. The van der Waals surface area contributed by atoms with Crippen molar-refractivity contribution in [1.29, 1.82) is 5.26 Å². The number of aromatic nitrogens is 2. The predicted molar refractivity (Wildman–Crippen MR) is 92.6 cm³/mol. The molecule has 0 radical (unpaired) electrons. The lowest BCUT2D eigenvalue weighted by Gasteiger charge is -2.11. The molecule has 2 aromatic carbocycles. The first-order chi connectivity index (χ1) is 11.3. The van der Waals surface area contributed by atoms with Crippen LogP contribution in [0.2, 0.25) is 0 Å². The van der Waals surface area contributed by atoms with E-state index in [1.807, 2.05) is 42.6 Å². The number of hydrogen-bond acceptors (Lipinski definition) is 2. The first-order valence-electron chi connectivity index (χ1n) is 7.61. The summed E-state index contributed by atoms with van der Waals surface area (Å²) in [6, 6.07) is 20.7. The zero-order chi connectivity index (χ0) is 15.8. The third-order valence-corrected chi connectivity index (χ3v) is 4.36. The number of nitriles is 1. The van der Waals surface area contributed by atoms with Crippen molar-refractivity contribution >= 4 is 21.8 Å². The molecular weight excluding hydrogens is 282 g/mol. The third-order valence-electron chi connectivity index (χ3n) is 4.36. The van der Waals surface area contributed by atoms with E-state index in [1.54, 1.807) is 0 Å². The molecule has 3 heteroatoms. The van der Waals surface area contributed by atoms with E-state index >= 15 is 0 Å². The molecule has 2 aromatic heterocycles. The Morgan fingerprint density at radius 1 is 1.00 bits per heavy atom. The van der Waals surface area contributed by atoms with Gasteiger partial charge in [-0.3, -0.25) is 4.98 Å². The van der Waals surface area contributed by atoms with Crippen LogP contribution in [-0.4, -0.2) is 9.55 Å². The van der Waals surface area contributed by atoms with Crippen molar-refractivity contribution in [1.82, 2.24) is 9.55 Å². The smallest absolute Gasteiger partial charge is 0.0723 e. The number of para-hydroxylation sites is 2. The monoisotopic (exact) mass is 297 g/mol. The summed E-state index contributed by atoms with van der Waals surface area (Å²) in [5.41, 5.74) is 5.43. The minimum Gasteiger partial charge on any atom is -0.313 e. The van der Waals surface area contributed by atoms with Crippen LogP contribution < -0.4 is 0 Å². The Morgan fingerprint density at radius 2 is 1.74 bits per heavy atom. The summed E-state index contributed by atoms with van der Waals surface area (Å²) in [7, 11) is 0. The fourth-order valence-electron chi connectivity index (χ4n) is 3.32. The molecule has 0 bridgehead atoms. The number of nitrogens with zero attached hydrogens (tertiary/aromatic N) is 3. The van der Waals surface area contributed by atoms with Crippen molar-refractivity contribution in [3.63, 3.8) is 0 Å². The molecule has 4 aromatic rings. The average Bonchev–Trinajstić information content (AvgIpc) is 2.87. The lowest BCUT2D eigenvalue weighted by atomic mass is 10.1. The number of fused-ring (bicyclic) bond motifs is 2. The van der Waals surface area contributed by atoms with Crippen LogP contribution in [0, 0.1) is 18.3 Å². The minimum absolute atomic E-state index is 0.419. The molecular formula is C20H15N3. The Hall–Kier alpha value is -3.12. The molecule has 0 aliphatic carbocycles. The Morgan fingerprint density at radius 3 is 2.57 bits per heavy atom. The van der Waals surface area contributed by atoms with E-state index in [9.17, 15) is 5.26 Å². The van der Waals surface area contributed by atoms with Gasteiger partial charge in [-0.1, -0.05) is 36.4 Å². The summed E-state index contributed by atoms with van der Waals surface area (Å²) < 4.78 is 2.24. The van der Waals surface area contributed by atoms with Gasteiger partial charge >= 0.3 is 0 Å². The molecule has 0 aliphatic rings. The van der Waals surface area contributed by atoms with E-state index in [0.717, 1.165) is 38.8 Å². The van der Waals surface area contributed by atoms with Crippen LogP contribution >= 0.6 is 0 Å². The second kappa shape index (κ2) is 5.26. The van der Waals surface area contributed by atoms with E-state index < -0.39 is 0 Å². The second-order valence-corrected chi connectivity index (χ2v) is 5.60. The Kier molecular flexibility index (Phi) is 3.09. The van der Waals surface area contributed by atoms with Crippen LogP contribution in [0.4, 0.5) is 0 Å². The van der Waals surface area contributed by atoms with Crippen molar-refractivity contribution in [2.45, 2.75) is 13.3 Å². The summed E-state index contributed by atoms with van der Waals surface area (Å²) >= 11 is 0. The highest BCUT2D eigenvalue weighted by atomic mass is 15.0. The van der Waals surface area contributed by atoms with Crippen LogP contribution in [-0.2, 0) is 6.42 Å². The molecule has 0 amide bonds. The summed E-state index contributed by atoms with van der Waals surface area (Å²) in [6.07, 6.45) is 2.26. The van der Waals surface area contributed by atoms with Crippen molar-refractivity contribution in [3.05, 3.63) is 72.1 Å². The van der Waals surface area contributed by atoms with Crippen molar-refractivity contribution < 1.29 is 0 Å². The zero-order valence-electron chi connectivity index (χ0n) is 12.8. The summed E-state index contributed by atoms with van der Waals surface area (Å²) in [4.78, 5) is 4.45. The molecule has 4 rings (SSSR count). The molecule has 0 saturated carbocycles. The predicted octanol–water partition coefficient (Wildman–Crippen LogP) is 4.55. The van der Waals surface area contributed by atoms with Crippen LogP contribution in [0.25, 0.3) is 27.5 Å². The highest BCUT2D eigenvalue weighted by Crippen LogP contribution is 2.32. The summed E-state index contributed by atoms with van der Waals surface area (Å²) in [5.74, 6) is 0. The number of benzene rings is 2. The van der Waals surface area contributed by atoms with Gasteiger partial charge in [0.15, 0.2) is 0 Å². The number of pyridine rings is 1. The maximum atomic E-state index is 9.19. The van der Waals surface area contributed by atoms with Gasteiger partial charge in [0.05, 0.1) is 29.2 Å². The van der Waals surface area contributed by atoms with Crippen molar-refractivity contribution in [2.24, 2.45) is 0 Å². The van der Waals surface area contributed by atoms with Gasteiger partial charge in [0.25, 0.3) is 0 Å². The van der Waals surface area contributed by atoms with E-state index in [4.69, 9.17) is 0 Å². The van der Waals surface area contributed by atoms with Crippen LogP contribution in [0.3, 0.4) is 0 Å². The summed E-state index contributed by atoms with van der Waals surface area (Å²) in [6.45, 7) is 2.09. The molecule has 110 valence electrons. The fraction of sp³-hybridized carbons (Fsp3) is 0.100. The molecule has 0 N–H and O–H groups in total. The molecule has 23 heavy (non-hydrogen) atoms. The van der Waals surface area contributed by atoms with E-state index in [0.29, 0.717) is 6.42 Å². The Balaban J connectivity index is 2.14. The van der Waals surface area contributed by atoms with E-state index in [2.05, 4.69) is 40.7 Å². The van der Waals surface area contributed by atoms with Gasteiger partial charge in [0.1, 0.15) is 0 Å². The largest absolute Gasteiger partial charge is 0.313 e. The number of rotatable bonds is 2. The quantitative estimate of drug-likeness (QED) is 0.544. The molecule has 0 atom stereocenters. The van der Waals surface area contributed by atoms with Gasteiger partial charge in [0, 0.05) is 22.7 Å². The van der Waals surface area contributed by atoms with Gasteiger partial charge < -0.3 is 4.57 Å². The van der Waals surface area contributed by atoms with Crippen molar-refractivity contribution in [3.8, 4) is 11.8 Å². The maximum Gasteiger partial charge on any atom is 0.0723 e. The molecule has 0 saturated heterocycles. The highest BCUT2D eigenvalue weighted by Gasteiger charge is 2.16. The van der Waals surface area contributed by atoms with E-state index in [1.165, 1.54) is 0 Å². The Labute approximate surface area is 134 Å². The minimum atomic E-state index is 0.419. The second-order valence-electron chi connectivity index (χ2n) is 5.60. The molecule has 0 spiro atoms. The molecule has 0 aliphatic heterocycles. The van der Waals surface area contributed by atoms with Gasteiger partial charge in [-0.2, -0.15) is 5.26 Å². The topological polar surface area (TPSA) is 41.6 Å². The third kappa shape index (κ3) is 2.00. The van der Waals surface area contributed by atoms with E-state index in [-0.39, 0.29) is 0 Å². The maximum absolute atomic E-state index is 9.19. The first-order valence-corrected chi connectivity index (χ1v) is 7.61. The van der Waals surface area contributed by atoms with Gasteiger partial charge in [-0.05, 0) is 30.7 Å². The average molecular weight is 297 g/mol. The SMILES string of the molecule is Cc1c(CC#N)c2ccccc2n1-c1ccnc2ccccc12. The first kappa shape index (κ1) is 13.5. The highest BCUT2D eigenvalue weighted by molar-refractivity contribution is 5.93. The van der Waals surface area contributed by atoms with Crippen LogP contribution in [0.15, 0.2) is 60.8 Å². The molecule has 3 nitrogen and oxygen atoms in total. The molecule has 0 unspecified atom stereocenters. The lowest BCUT2D eigenvalue weighted by Crippen LogP contribution is -1.99. The fourth-order valence-corrected chi connectivity index (χ4v) is 3.32. The standard InChI is InChI=1S/C20H15N3/c1-14-15(10-12-21)16-6-3-5-9-19(16)23(14)20-11-13-22-18-8-4-2-7-17(18)20/h2-9,11,13H,10H2,1H3. The lowest BCUT2D eigenvalue weighted by molar-refractivity contribution is 1.03. The van der Waals surface area contributed by atoms with Crippen LogP contribution in [0.5, 0.6) is 0 Å². The van der Waals surface area contributed by atoms with Gasteiger partial charge in [0.2, 0.25) is 0 Å². The summed E-state index contributed by atoms with van der Waals surface area (Å²) in [5, 5.41) is 11.4. The van der Waals surface area contributed by atoms with Gasteiger partial charge in [-0.25, -0.2) is 0 Å². The van der Waals surface area contributed by atoms with Gasteiger partial charge in [-0.15, -0.1) is 0 Å². The molecule has 2 heterocycles. The zero-order valence-corrected chi connectivity index (χ0v) is 12.8. The van der Waals surface area contributed by atoms with Crippen molar-refractivity contribution in [2.75, 3.05) is 0 Å². The number of hydrogen-bond donors (Lipinski definition) is 0. The normalized spacial score (nSPS) is 11.0. The van der Waals surface area contributed by atoms with Crippen LogP contribution in [0.1, 0.15) is 11.3 Å².